The van der Waals surface area contributed by atoms with Crippen molar-refractivity contribution in [2.24, 2.45) is 0 Å². The highest BCUT2D eigenvalue weighted by Gasteiger charge is 2.33. The third-order valence-electron chi connectivity index (χ3n) is 0.988. The van der Waals surface area contributed by atoms with Gasteiger partial charge in [0.2, 0.25) is 0 Å². The molecule has 2 atom stereocenters. The van der Waals surface area contributed by atoms with Gasteiger partial charge in [0, 0.05) is 0 Å². The normalized spacial score (nSPS) is 43.0. The average Bonchev–Trinajstić information content (AvgIpc) is 2.19. The molecule has 1 saturated heterocycles. The van der Waals surface area contributed by atoms with Crippen LogP contribution in [0, 0.1) is 0 Å². The van der Waals surface area contributed by atoms with Crippen LogP contribution in [0.5, 0.6) is 0 Å². The minimum atomic E-state index is -0.318. The van der Waals surface area contributed by atoms with Crippen LogP contribution in [-0.2, 0) is 4.74 Å². The van der Waals surface area contributed by atoms with E-state index in [1.54, 1.807) is 0 Å². The third kappa shape index (κ3) is 0.522. The quantitative estimate of drug-likeness (QED) is 0.433. The number of halogens is 1. The molecule has 0 aliphatic carbocycles. The largest absolute Gasteiger partial charge is 0.367 e. The lowest BCUT2D eigenvalue weighted by atomic mass is 10.4. The molecule has 2 unspecified atom stereocenters. The number of hydrogen-bond acceptors (Lipinski definition) is 1. The molecule has 2 heteroatoms. The zero-order valence-electron chi connectivity index (χ0n) is 3.65. The Morgan fingerprint density at radius 3 is 2.33 bits per heavy atom. The summed E-state index contributed by atoms with van der Waals surface area (Å²) in [6.07, 6.45) is 0.125. The number of epoxide rings is 1. The fraction of sp³-hybridized carbons (Fsp3) is 1.00. The Kier molecular flexibility index (Phi) is 0.804. The molecule has 0 aromatic carbocycles. The first kappa shape index (κ1) is 4.06. The maximum absolute atomic E-state index is 11.3. The predicted octanol–water partition coefficient (Wildman–Crippen LogP) is 0.743. The second-order valence-electron chi connectivity index (χ2n) is 1.53. The molecule has 1 rings (SSSR count). The first-order valence-electron chi connectivity index (χ1n) is 2.06. The molecule has 0 saturated carbocycles. The molecule has 1 fully saturated rings. The summed E-state index contributed by atoms with van der Waals surface area (Å²) in [5.41, 5.74) is 0. The van der Waals surface area contributed by atoms with E-state index in [0.29, 0.717) is 0 Å². The lowest BCUT2D eigenvalue weighted by Gasteiger charge is -1.69. The molecule has 0 aromatic rings. The van der Waals surface area contributed by atoms with Crippen LogP contribution in [0.25, 0.3) is 0 Å². The molecule has 0 spiro atoms. The van der Waals surface area contributed by atoms with Gasteiger partial charge in [-0.2, -0.15) is 0 Å². The molecule has 1 nitrogen and oxygen atoms in total. The van der Waals surface area contributed by atoms with Crippen LogP contribution in [0.1, 0.15) is 6.92 Å². The van der Waals surface area contributed by atoms with Gasteiger partial charge >= 0.3 is 0 Å². The van der Waals surface area contributed by atoms with Crippen LogP contribution >= 0.6 is 0 Å². The van der Waals surface area contributed by atoms with Gasteiger partial charge in [-0.25, -0.2) is 4.39 Å². The van der Waals surface area contributed by atoms with Gasteiger partial charge in [-0.3, -0.25) is 0 Å². The van der Waals surface area contributed by atoms with Gasteiger partial charge in [-0.05, 0) is 6.92 Å². The van der Waals surface area contributed by atoms with E-state index < -0.39 is 0 Å². The first-order chi connectivity index (χ1) is 2.84. The van der Waals surface area contributed by atoms with E-state index in [9.17, 15) is 4.39 Å². The number of ether oxygens (including phenoxy) is 1. The van der Waals surface area contributed by atoms with Crippen molar-refractivity contribution in [1.82, 2.24) is 0 Å². The van der Waals surface area contributed by atoms with Gasteiger partial charge in [-0.15, -0.1) is 0 Å². The van der Waals surface area contributed by atoms with Gasteiger partial charge in [0.15, 0.2) is 0 Å². The molecule has 1 aliphatic heterocycles. The molecule has 0 bridgehead atoms. The average molecular weight is 90.1 g/mol. The Labute approximate surface area is 36.1 Å². The molecule has 36 valence electrons. The summed E-state index contributed by atoms with van der Waals surface area (Å²) < 4.78 is 16.0. The van der Waals surface area contributed by atoms with E-state index in [2.05, 4.69) is 0 Å². The highest BCUT2D eigenvalue weighted by atomic mass is 19.1. The Morgan fingerprint density at radius 2 is 2.33 bits per heavy atom. The van der Waals surface area contributed by atoms with Crippen molar-refractivity contribution in [3.05, 3.63) is 0 Å². The lowest BCUT2D eigenvalue weighted by Crippen LogP contribution is -1.88. The molecule has 1 heterocycles. The second kappa shape index (κ2) is 1.19. The summed E-state index contributed by atoms with van der Waals surface area (Å²) in [7, 11) is 0. The van der Waals surface area contributed by atoms with Crippen molar-refractivity contribution in [3.63, 3.8) is 0 Å². The zero-order chi connectivity index (χ0) is 4.57. The maximum Gasteiger partial charge on any atom is 0.118 e. The van der Waals surface area contributed by atoms with Gasteiger partial charge in [0.05, 0.1) is 6.10 Å². The Hall–Kier alpha value is -0.110. The summed E-state index contributed by atoms with van der Waals surface area (Å²) >= 11 is 0. The molecule has 1 aliphatic rings. The third-order valence-corrected chi connectivity index (χ3v) is 0.988. The summed E-state index contributed by atoms with van der Waals surface area (Å²) in [6.45, 7) is 1.55. The van der Waals surface area contributed by atoms with Crippen molar-refractivity contribution in [3.8, 4) is 0 Å². The topological polar surface area (TPSA) is 12.5 Å². The summed E-state index contributed by atoms with van der Waals surface area (Å²) in [4.78, 5) is 0. The van der Waals surface area contributed by atoms with Gasteiger partial charge in [-0.1, -0.05) is 0 Å². The minimum Gasteiger partial charge on any atom is -0.367 e. The minimum absolute atomic E-state index is 0.0648. The smallest absolute Gasteiger partial charge is 0.118 e. The number of hydrogen-bond donors (Lipinski definition) is 0. The molecule has 0 N–H and O–H groups in total. The van der Waals surface area contributed by atoms with E-state index in [1.807, 2.05) is 6.92 Å². The fourth-order valence-corrected chi connectivity index (χ4v) is 0.392. The fourth-order valence-electron chi connectivity index (χ4n) is 0.392. The molecule has 6 heavy (non-hydrogen) atoms. The molecular formula is C4H7FO. The maximum atomic E-state index is 11.3. The van der Waals surface area contributed by atoms with Crippen LogP contribution in [0.4, 0.5) is 4.39 Å². The summed E-state index contributed by atoms with van der Waals surface area (Å²) in [6, 6.07) is 0. The monoisotopic (exact) mass is 90.0 g/mol. The van der Waals surface area contributed by atoms with Crippen molar-refractivity contribution < 1.29 is 9.13 Å². The highest BCUT2D eigenvalue weighted by Crippen LogP contribution is 2.20. The van der Waals surface area contributed by atoms with Gasteiger partial charge in [0.25, 0.3) is 0 Å². The van der Waals surface area contributed by atoms with E-state index in [4.69, 9.17) is 4.74 Å². The van der Waals surface area contributed by atoms with Crippen LogP contribution < -0.4 is 0 Å². The van der Waals surface area contributed by atoms with E-state index >= 15 is 0 Å². The highest BCUT2D eigenvalue weighted by molar-refractivity contribution is 4.78. The molecule has 0 aromatic heterocycles. The molecule has 0 radical (unpaired) electrons. The summed E-state index contributed by atoms with van der Waals surface area (Å²) in [5, 5.41) is 0. The van der Waals surface area contributed by atoms with Crippen LogP contribution in [0.2, 0.25) is 0 Å². The Morgan fingerprint density at radius 1 is 1.83 bits per heavy atom. The number of alkyl halides is 1. The lowest BCUT2D eigenvalue weighted by molar-refractivity contribution is 0.334. The molecular weight excluding hydrogens is 83.0 g/mol. The predicted molar refractivity (Wildman–Crippen MR) is 20.3 cm³/mol. The van der Waals surface area contributed by atoms with Crippen molar-refractivity contribution in [2.45, 2.75) is 19.1 Å². The standard InChI is InChI=1S/C4H7FO/c1-3-4(2-5)6-3/h3-4H,2H2,1H3. The molecule has 0 amide bonds. The SMILES string of the molecule is CC1OC1CF. The number of rotatable bonds is 1. The Balaban J connectivity index is 2.09. The van der Waals surface area contributed by atoms with Crippen molar-refractivity contribution in [1.29, 1.82) is 0 Å². The van der Waals surface area contributed by atoms with Crippen LogP contribution in [0.3, 0.4) is 0 Å². The van der Waals surface area contributed by atoms with Gasteiger partial charge < -0.3 is 4.74 Å². The van der Waals surface area contributed by atoms with Crippen molar-refractivity contribution >= 4 is 0 Å². The first-order valence-corrected chi connectivity index (χ1v) is 2.06. The summed E-state index contributed by atoms with van der Waals surface area (Å²) in [5.74, 6) is 0. The van der Waals surface area contributed by atoms with Gasteiger partial charge in [0.1, 0.15) is 12.8 Å². The second-order valence-corrected chi connectivity index (χ2v) is 1.53. The Bertz CT molecular complexity index is 53.5. The van der Waals surface area contributed by atoms with Crippen LogP contribution in [0.15, 0.2) is 0 Å². The van der Waals surface area contributed by atoms with E-state index in [-0.39, 0.29) is 18.9 Å². The van der Waals surface area contributed by atoms with E-state index in [0.717, 1.165) is 0 Å². The van der Waals surface area contributed by atoms with Crippen LogP contribution in [-0.4, -0.2) is 18.9 Å². The van der Waals surface area contributed by atoms with Crippen molar-refractivity contribution in [2.75, 3.05) is 6.67 Å². The zero-order valence-corrected chi connectivity index (χ0v) is 3.65. The van der Waals surface area contributed by atoms with E-state index in [1.165, 1.54) is 0 Å².